The van der Waals surface area contributed by atoms with Gasteiger partial charge < -0.3 is 14.2 Å². The normalized spacial score (nSPS) is 20.0. The van der Waals surface area contributed by atoms with Gasteiger partial charge in [0.1, 0.15) is 5.75 Å². The Bertz CT molecular complexity index is 1100. The average Bonchev–Trinajstić information content (AvgIpc) is 3.25. The summed E-state index contributed by atoms with van der Waals surface area (Å²) in [6.45, 7) is 0. The highest BCUT2D eigenvalue weighted by atomic mass is 32.2. The fraction of sp³-hybridized carbons (Fsp3) is 0.211. The van der Waals surface area contributed by atoms with E-state index < -0.39 is 40.0 Å². The van der Waals surface area contributed by atoms with Crippen molar-refractivity contribution in [3.05, 3.63) is 60.3 Å². The summed E-state index contributed by atoms with van der Waals surface area (Å²) in [6.07, 6.45) is 0.751. The molecule has 1 aliphatic carbocycles. The Balaban J connectivity index is 1.40. The van der Waals surface area contributed by atoms with Crippen LogP contribution in [0.4, 0.5) is 4.79 Å². The average molecular weight is 432 g/mol. The van der Waals surface area contributed by atoms with Crippen LogP contribution >= 0.6 is 0 Å². The summed E-state index contributed by atoms with van der Waals surface area (Å²) in [5.41, 5.74) is 0.106. The molecule has 2 aliphatic rings. The zero-order chi connectivity index (χ0) is 21.3. The van der Waals surface area contributed by atoms with Gasteiger partial charge in [0, 0.05) is 24.3 Å². The maximum atomic E-state index is 12.5. The quantitative estimate of drug-likeness (QED) is 0.414. The number of carbonyl (C=O) groups is 2. The van der Waals surface area contributed by atoms with Gasteiger partial charge in [-0.2, -0.15) is 0 Å². The van der Waals surface area contributed by atoms with E-state index in [0.717, 1.165) is 0 Å². The molecular formula is C19H16N2O8S. The van der Waals surface area contributed by atoms with Crippen molar-refractivity contribution in [2.24, 2.45) is 0 Å². The van der Waals surface area contributed by atoms with Crippen molar-refractivity contribution >= 4 is 21.9 Å². The van der Waals surface area contributed by atoms with Crippen LogP contribution in [0.15, 0.2) is 65.2 Å². The third-order valence-electron chi connectivity index (χ3n) is 4.48. The van der Waals surface area contributed by atoms with Crippen molar-refractivity contribution in [1.29, 1.82) is 0 Å². The van der Waals surface area contributed by atoms with Gasteiger partial charge in [-0.25, -0.2) is 23.3 Å². The molecule has 10 nitrogen and oxygen atoms in total. The van der Waals surface area contributed by atoms with Gasteiger partial charge in [0.15, 0.2) is 27.9 Å². The van der Waals surface area contributed by atoms with Gasteiger partial charge in [0.05, 0.1) is 4.90 Å². The molecule has 1 aliphatic heterocycles. The number of pyridine rings is 1. The molecule has 156 valence electrons. The molecule has 2 unspecified atom stereocenters. The minimum atomic E-state index is -4.01. The zero-order valence-corrected chi connectivity index (χ0v) is 16.2. The molecule has 1 fully saturated rings. The van der Waals surface area contributed by atoms with Crippen LogP contribution in [0, 0.1) is 0 Å². The van der Waals surface area contributed by atoms with E-state index >= 15 is 0 Å². The minimum Gasteiger partial charge on any atom is -0.439 e. The number of amides is 1. The summed E-state index contributed by atoms with van der Waals surface area (Å²) in [6, 6.07) is 10.6. The number of benzene rings is 1. The molecule has 0 radical (unpaired) electrons. The van der Waals surface area contributed by atoms with Crippen molar-refractivity contribution in [1.82, 2.24) is 10.0 Å². The molecule has 4 rings (SSSR count). The second kappa shape index (κ2) is 7.76. The summed E-state index contributed by atoms with van der Waals surface area (Å²) in [7, 11) is -4.01. The predicted octanol–water partition coefficient (Wildman–Crippen LogP) is 2.06. The van der Waals surface area contributed by atoms with Gasteiger partial charge in [-0.15, -0.1) is 0 Å². The number of hydroxylamine groups is 2. The van der Waals surface area contributed by atoms with Gasteiger partial charge in [0.25, 0.3) is 5.91 Å². The number of fused-ring (bicyclic) bond motifs is 1. The standard InChI is InChI=1S/C19H16N2O8S/c22-18(12-9-15-16(10-12)29-19(23)28-15)21(24)11-30(25,26)14-6-4-13(5-7-14)27-17-3-1-2-8-20-17/h1-9,15-16,24H,10-11H2. The van der Waals surface area contributed by atoms with E-state index in [2.05, 4.69) is 4.98 Å². The maximum Gasteiger partial charge on any atom is 0.509 e. The highest BCUT2D eigenvalue weighted by Crippen LogP contribution is 2.31. The predicted molar refractivity (Wildman–Crippen MR) is 99.3 cm³/mol. The van der Waals surface area contributed by atoms with Crippen molar-refractivity contribution < 1.29 is 37.4 Å². The molecule has 0 saturated carbocycles. The largest absolute Gasteiger partial charge is 0.509 e. The van der Waals surface area contributed by atoms with E-state index in [1.165, 1.54) is 30.3 Å². The van der Waals surface area contributed by atoms with Crippen LogP contribution in [0.5, 0.6) is 11.6 Å². The lowest BCUT2D eigenvalue weighted by Gasteiger charge is -2.16. The van der Waals surface area contributed by atoms with Crippen LogP contribution in [0.1, 0.15) is 6.42 Å². The molecule has 2 heterocycles. The fourth-order valence-electron chi connectivity index (χ4n) is 3.05. The molecule has 1 amide bonds. The Morgan fingerprint density at radius 1 is 1.20 bits per heavy atom. The Labute approximate surface area is 171 Å². The number of rotatable bonds is 6. The summed E-state index contributed by atoms with van der Waals surface area (Å²) < 4.78 is 40.3. The zero-order valence-electron chi connectivity index (χ0n) is 15.4. The lowest BCUT2D eigenvalue weighted by Crippen LogP contribution is -2.33. The molecule has 30 heavy (non-hydrogen) atoms. The van der Waals surface area contributed by atoms with Gasteiger partial charge in [0.2, 0.25) is 5.88 Å². The van der Waals surface area contributed by atoms with E-state index in [1.807, 2.05) is 0 Å². The summed E-state index contributed by atoms with van der Waals surface area (Å²) >= 11 is 0. The molecule has 2 atom stereocenters. The van der Waals surface area contributed by atoms with Crippen LogP contribution in [-0.4, -0.2) is 53.8 Å². The van der Waals surface area contributed by atoms with Gasteiger partial charge in [-0.1, -0.05) is 6.07 Å². The third kappa shape index (κ3) is 4.11. The number of carbonyl (C=O) groups excluding carboxylic acids is 2. The lowest BCUT2D eigenvalue weighted by molar-refractivity contribution is -0.156. The summed E-state index contributed by atoms with van der Waals surface area (Å²) in [5.74, 6) is -1.12. The smallest absolute Gasteiger partial charge is 0.439 e. The Morgan fingerprint density at radius 2 is 1.97 bits per heavy atom. The molecule has 0 bridgehead atoms. The number of nitrogens with zero attached hydrogens (tertiary/aromatic N) is 2. The van der Waals surface area contributed by atoms with Crippen LogP contribution in [0.2, 0.25) is 0 Å². The van der Waals surface area contributed by atoms with E-state index in [-0.39, 0.29) is 22.0 Å². The van der Waals surface area contributed by atoms with Crippen LogP contribution in [0.3, 0.4) is 0 Å². The van der Waals surface area contributed by atoms with Crippen molar-refractivity contribution in [3.8, 4) is 11.6 Å². The van der Waals surface area contributed by atoms with Crippen molar-refractivity contribution in [3.63, 3.8) is 0 Å². The summed E-state index contributed by atoms with van der Waals surface area (Å²) in [5, 5.41) is 10.1. The molecule has 0 spiro atoms. The van der Waals surface area contributed by atoms with Crippen molar-refractivity contribution in [2.75, 3.05) is 5.88 Å². The number of hydrogen-bond acceptors (Lipinski definition) is 9. The molecule has 1 aromatic carbocycles. The highest BCUT2D eigenvalue weighted by Gasteiger charge is 2.42. The molecular weight excluding hydrogens is 416 g/mol. The molecule has 2 aromatic rings. The second-order valence-electron chi connectivity index (χ2n) is 6.57. The number of hydrogen-bond donors (Lipinski definition) is 1. The van der Waals surface area contributed by atoms with Gasteiger partial charge in [-0.3, -0.25) is 10.0 Å². The van der Waals surface area contributed by atoms with E-state index in [9.17, 15) is 23.2 Å². The number of ether oxygens (including phenoxy) is 3. The first-order valence-electron chi connectivity index (χ1n) is 8.82. The van der Waals surface area contributed by atoms with Crippen LogP contribution < -0.4 is 4.74 Å². The SMILES string of the molecule is O=C1OC2C=C(C(=O)N(O)CS(=O)(=O)c3ccc(Oc4ccccn4)cc3)CC2O1. The summed E-state index contributed by atoms with van der Waals surface area (Å²) in [4.78, 5) is 27.3. The first kappa shape index (κ1) is 19.9. The second-order valence-corrected chi connectivity index (χ2v) is 8.53. The Morgan fingerprint density at radius 3 is 2.63 bits per heavy atom. The van der Waals surface area contributed by atoms with Gasteiger partial charge in [-0.05, 0) is 36.4 Å². The Kier molecular flexibility index (Phi) is 5.14. The first-order valence-corrected chi connectivity index (χ1v) is 10.5. The number of aromatic nitrogens is 1. The number of sulfone groups is 1. The van der Waals surface area contributed by atoms with E-state index in [4.69, 9.17) is 14.2 Å². The Hall–Kier alpha value is -3.44. The molecule has 11 heteroatoms. The topological polar surface area (TPSA) is 132 Å². The minimum absolute atomic E-state index is 0.0336. The monoisotopic (exact) mass is 432 g/mol. The van der Waals surface area contributed by atoms with Crippen LogP contribution in [0.25, 0.3) is 0 Å². The van der Waals surface area contributed by atoms with Gasteiger partial charge >= 0.3 is 6.16 Å². The highest BCUT2D eigenvalue weighted by molar-refractivity contribution is 7.91. The first-order chi connectivity index (χ1) is 14.3. The lowest BCUT2D eigenvalue weighted by atomic mass is 10.2. The molecule has 1 N–H and O–H groups in total. The molecule has 1 saturated heterocycles. The van der Waals surface area contributed by atoms with Crippen molar-refractivity contribution in [2.45, 2.75) is 23.5 Å². The fourth-order valence-corrected chi connectivity index (χ4v) is 4.19. The van der Waals surface area contributed by atoms with Crippen LogP contribution in [-0.2, 0) is 24.1 Å². The maximum absolute atomic E-state index is 12.5. The van der Waals surface area contributed by atoms with E-state index in [1.54, 1.807) is 24.4 Å². The molecule has 1 aromatic heterocycles. The third-order valence-corrected chi connectivity index (χ3v) is 6.05. The van der Waals surface area contributed by atoms with E-state index in [0.29, 0.717) is 11.6 Å².